The van der Waals surface area contributed by atoms with Crippen LogP contribution in [0.4, 0.5) is 10.2 Å². The van der Waals surface area contributed by atoms with Crippen molar-refractivity contribution in [2.45, 2.75) is 25.2 Å². The summed E-state index contributed by atoms with van der Waals surface area (Å²) < 4.78 is 19.2. The van der Waals surface area contributed by atoms with Crippen molar-refractivity contribution in [3.63, 3.8) is 0 Å². The molecule has 1 aromatic carbocycles. The number of piperidine rings is 1. The highest BCUT2D eigenvalue weighted by Gasteiger charge is 2.32. The third-order valence-electron chi connectivity index (χ3n) is 5.31. The summed E-state index contributed by atoms with van der Waals surface area (Å²) in [5.41, 5.74) is 2.17. The quantitative estimate of drug-likeness (QED) is 0.739. The van der Waals surface area contributed by atoms with E-state index in [-0.39, 0.29) is 30.0 Å². The first-order chi connectivity index (χ1) is 13.6. The van der Waals surface area contributed by atoms with Crippen LogP contribution in [-0.2, 0) is 11.2 Å². The number of likely N-dealkylation sites (tertiary alicyclic amines) is 1. The average molecular weight is 380 g/mol. The number of nitrogens with one attached hydrogen (secondary N) is 1. The smallest absolute Gasteiger partial charge is 0.254 e. The first-order valence-corrected chi connectivity index (χ1v) is 9.21. The van der Waals surface area contributed by atoms with Crippen molar-refractivity contribution in [3.8, 4) is 0 Å². The topological polar surface area (TPSA) is 88.3 Å². The lowest BCUT2D eigenvalue weighted by Crippen LogP contribution is -2.39. The third-order valence-corrected chi connectivity index (χ3v) is 5.31. The molecule has 8 heteroatoms. The minimum Gasteiger partial charge on any atom is -0.440 e. The molecule has 0 bridgehead atoms. The molecule has 5 rings (SSSR count). The molecule has 0 aliphatic carbocycles. The Morgan fingerprint density at radius 1 is 1.32 bits per heavy atom. The molecule has 7 nitrogen and oxygen atoms in total. The molecule has 3 aromatic rings. The van der Waals surface area contributed by atoms with E-state index in [0.29, 0.717) is 47.0 Å². The summed E-state index contributed by atoms with van der Waals surface area (Å²) in [7, 11) is 0. The lowest BCUT2D eigenvalue weighted by Gasteiger charge is -2.31. The number of pyridine rings is 1. The van der Waals surface area contributed by atoms with Gasteiger partial charge in [0.25, 0.3) is 5.91 Å². The molecule has 1 atom stereocenters. The maximum atomic E-state index is 13.4. The molecule has 1 fully saturated rings. The second-order valence-electron chi connectivity index (χ2n) is 7.17. The Balaban J connectivity index is 1.40. The molecule has 0 saturated carbocycles. The molecule has 2 amide bonds. The van der Waals surface area contributed by atoms with Crippen LogP contribution in [0.5, 0.6) is 0 Å². The van der Waals surface area contributed by atoms with Gasteiger partial charge in [-0.05, 0) is 31.0 Å². The Morgan fingerprint density at radius 3 is 3.11 bits per heavy atom. The van der Waals surface area contributed by atoms with Crippen LogP contribution >= 0.6 is 0 Å². The van der Waals surface area contributed by atoms with Crippen molar-refractivity contribution >= 4 is 28.7 Å². The number of carbonyl (C=O) groups excluding carboxylic acids is 2. The van der Waals surface area contributed by atoms with Crippen molar-refractivity contribution in [1.29, 1.82) is 0 Å². The zero-order valence-corrected chi connectivity index (χ0v) is 14.9. The van der Waals surface area contributed by atoms with Crippen LogP contribution in [0.3, 0.4) is 0 Å². The van der Waals surface area contributed by atoms with Gasteiger partial charge in [-0.25, -0.2) is 14.4 Å². The minimum absolute atomic E-state index is 0.0530. The van der Waals surface area contributed by atoms with E-state index in [1.807, 2.05) is 0 Å². The molecular weight excluding hydrogens is 363 g/mol. The van der Waals surface area contributed by atoms with Gasteiger partial charge in [0.15, 0.2) is 11.5 Å². The Morgan fingerprint density at radius 2 is 2.21 bits per heavy atom. The van der Waals surface area contributed by atoms with Crippen LogP contribution in [0.15, 0.2) is 34.9 Å². The number of anilines is 1. The van der Waals surface area contributed by atoms with Gasteiger partial charge in [0.2, 0.25) is 5.91 Å². The fourth-order valence-electron chi connectivity index (χ4n) is 3.94. The fourth-order valence-corrected chi connectivity index (χ4v) is 3.94. The summed E-state index contributed by atoms with van der Waals surface area (Å²) >= 11 is 0. The van der Waals surface area contributed by atoms with Crippen molar-refractivity contribution in [1.82, 2.24) is 14.9 Å². The maximum absolute atomic E-state index is 13.4. The van der Waals surface area contributed by atoms with Crippen molar-refractivity contribution < 1.29 is 18.4 Å². The zero-order chi connectivity index (χ0) is 19.3. The SMILES string of the molecule is O=C1Cc2c(C(=O)N3CCCC(c4nc5ccc(F)cc5o4)C3)ccnc2N1. The summed E-state index contributed by atoms with van der Waals surface area (Å²) in [4.78, 5) is 35.2. The van der Waals surface area contributed by atoms with Crippen LogP contribution in [0.1, 0.15) is 40.6 Å². The summed E-state index contributed by atoms with van der Waals surface area (Å²) in [5.74, 6) is 0.286. The van der Waals surface area contributed by atoms with Gasteiger partial charge in [-0.1, -0.05) is 0 Å². The Bertz CT molecular complexity index is 1110. The van der Waals surface area contributed by atoms with Gasteiger partial charge in [0.05, 0.1) is 12.3 Å². The van der Waals surface area contributed by atoms with Gasteiger partial charge in [-0.2, -0.15) is 0 Å². The lowest BCUT2D eigenvalue weighted by molar-refractivity contribution is -0.115. The molecule has 2 aliphatic rings. The van der Waals surface area contributed by atoms with E-state index >= 15 is 0 Å². The number of fused-ring (bicyclic) bond motifs is 2. The van der Waals surface area contributed by atoms with E-state index in [9.17, 15) is 14.0 Å². The molecule has 28 heavy (non-hydrogen) atoms. The van der Waals surface area contributed by atoms with Gasteiger partial charge in [-0.3, -0.25) is 9.59 Å². The number of hydrogen-bond acceptors (Lipinski definition) is 5. The summed E-state index contributed by atoms with van der Waals surface area (Å²) in [6.07, 6.45) is 3.36. The molecule has 1 unspecified atom stereocenters. The maximum Gasteiger partial charge on any atom is 0.254 e. The Kier molecular flexibility index (Phi) is 3.85. The molecule has 2 aliphatic heterocycles. The van der Waals surface area contributed by atoms with Crippen LogP contribution in [0.25, 0.3) is 11.1 Å². The van der Waals surface area contributed by atoms with Crippen LogP contribution < -0.4 is 5.32 Å². The fraction of sp³-hybridized carbons (Fsp3) is 0.300. The van der Waals surface area contributed by atoms with Gasteiger partial charge >= 0.3 is 0 Å². The second kappa shape index (κ2) is 6.40. The number of nitrogens with zero attached hydrogens (tertiary/aromatic N) is 3. The average Bonchev–Trinajstić information content (AvgIpc) is 3.29. The number of rotatable bonds is 2. The lowest BCUT2D eigenvalue weighted by atomic mass is 9.96. The van der Waals surface area contributed by atoms with Gasteiger partial charge < -0.3 is 14.6 Å². The number of oxazole rings is 1. The van der Waals surface area contributed by atoms with Crippen LogP contribution in [0.2, 0.25) is 0 Å². The molecular formula is C20H17FN4O3. The van der Waals surface area contributed by atoms with E-state index in [1.54, 1.807) is 17.0 Å². The van der Waals surface area contributed by atoms with Gasteiger partial charge in [0.1, 0.15) is 17.2 Å². The van der Waals surface area contributed by atoms with E-state index in [2.05, 4.69) is 15.3 Å². The van der Waals surface area contributed by atoms with E-state index in [0.717, 1.165) is 12.8 Å². The van der Waals surface area contributed by atoms with Crippen molar-refractivity contribution in [2.24, 2.45) is 0 Å². The monoisotopic (exact) mass is 380 g/mol. The first kappa shape index (κ1) is 16.9. The standard InChI is InChI=1S/C20H17FN4O3/c21-12-3-4-15-16(8-12)28-19(23-15)11-2-1-7-25(10-11)20(27)13-5-6-22-18-14(13)9-17(26)24-18/h3-6,8,11H,1-2,7,9-10H2,(H,22,24,26). The Hall–Kier alpha value is -3.29. The Labute approximate surface area is 159 Å². The zero-order valence-electron chi connectivity index (χ0n) is 14.9. The highest BCUT2D eigenvalue weighted by molar-refractivity contribution is 6.04. The summed E-state index contributed by atoms with van der Waals surface area (Å²) in [6.45, 7) is 1.09. The predicted octanol–water partition coefficient (Wildman–Crippen LogP) is 2.88. The molecule has 2 aromatic heterocycles. The van der Waals surface area contributed by atoms with E-state index in [4.69, 9.17) is 4.42 Å². The predicted molar refractivity (Wildman–Crippen MR) is 98.4 cm³/mol. The normalized spacial score (nSPS) is 19.0. The third kappa shape index (κ3) is 2.81. The molecule has 1 saturated heterocycles. The van der Waals surface area contributed by atoms with Crippen molar-refractivity contribution in [2.75, 3.05) is 18.4 Å². The molecule has 4 heterocycles. The number of hydrogen-bond donors (Lipinski definition) is 1. The number of amides is 2. The summed E-state index contributed by atoms with van der Waals surface area (Å²) in [5, 5.41) is 2.67. The first-order valence-electron chi connectivity index (χ1n) is 9.21. The number of benzene rings is 1. The summed E-state index contributed by atoms with van der Waals surface area (Å²) in [6, 6.07) is 5.92. The van der Waals surface area contributed by atoms with Crippen LogP contribution in [-0.4, -0.2) is 39.8 Å². The molecule has 1 N–H and O–H groups in total. The van der Waals surface area contributed by atoms with E-state index in [1.165, 1.54) is 18.3 Å². The van der Waals surface area contributed by atoms with Gasteiger partial charge in [0, 0.05) is 36.5 Å². The number of aromatic nitrogens is 2. The highest BCUT2D eigenvalue weighted by Crippen LogP contribution is 2.31. The molecule has 0 radical (unpaired) electrons. The largest absolute Gasteiger partial charge is 0.440 e. The van der Waals surface area contributed by atoms with E-state index < -0.39 is 0 Å². The highest BCUT2D eigenvalue weighted by atomic mass is 19.1. The minimum atomic E-state index is -0.370. The number of halogens is 1. The van der Waals surface area contributed by atoms with Crippen molar-refractivity contribution in [3.05, 3.63) is 53.3 Å². The second-order valence-corrected chi connectivity index (χ2v) is 7.17. The van der Waals surface area contributed by atoms with Crippen LogP contribution in [0, 0.1) is 5.82 Å². The van der Waals surface area contributed by atoms with Gasteiger partial charge in [-0.15, -0.1) is 0 Å². The number of carbonyl (C=O) groups is 2. The molecule has 142 valence electrons. The molecule has 0 spiro atoms.